The van der Waals surface area contributed by atoms with Gasteiger partial charge in [0.15, 0.2) is 5.82 Å². The first-order valence-electron chi connectivity index (χ1n) is 10.1. The number of esters is 1. The minimum absolute atomic E-state index is 0.319. The molecule has 3 rings (SSSR count). The molecular formula is C22H25N5O4. The molecule has 0 radical (unpaired) electrons. The molecule has 0 unspecified atom stereocenters. The van der Waals surface area contributed by atoms with E-state index in [9.17, 15) is 9.59 Å². The standard InChI is InChI=1S/C22H25N5O4/c1-4-6-13-31-22(29)16-7-9-17(10-8-16)24-21(28)18-14-23-27(15(18)3)19-11-12-20(26-25-19)30-5-2/h7-12,14H,4-6,13H2,1-3H3,(H,24,28). The molecule has 31 heavy (non-hydrogen) atoms. The van der Waals surface area contributed by atoms with Crippen molar-refractivity contribution >= 4 is 17.6 Å². The topological polar surface area (TPSA) is 108 Å². The predicted octanol–water partition coefficient (Wildman–Crippen LogP) is 3.58. The summed E-state index contributed by atoms with van der Waals surface area (Å²) >= 11 is 0. The highest BCUT2D eigenvalue weighted by Crippen LogP contribution is 2.17. The molecule has 0 saturated carbocycles. The average molecular weight is 423 g/mol. The van der Waals surface area contributed by atoms with Crippen molar-refractivity contribution in [3.63, 3.8) is 0 Å². The van der Waals surface area contributed by atoms with Gasteiger partial charge in [-0.15, -0.1) is 10.2 Å². The Kier molecular flexibility index (Phi) is 7.31. The van der Waals surface area contributed by atoms with Crippen molar-refractivity contribution in [1.82, 2.24) is 20.0 Å². The lowest BCUT2D eigenvalue weighted by molar-refractivity contribution is 0.0499. The van der Waals surface area contributed by atoms with Crippen LogP contribution in [-0.4, -0.2) is 45.1 Å². The van der Waals surface area contributed by atoms with Crippen LogP contribution in [0.4, 0.5) is 5.69 Å². The van der Waals surface area contributed by atoms with Crippen LogP contribution in [0.2, 0.25) is 0 Å². The smallest absolute Gasteiger partial charge is 0.338 e. The van der Waals surface area contributed by atoms with E-state index in [4.69, 9.17) is 9.47 Å². The number of nitrogens with one attached hydrogen (secondary N) is 1. The van der Waals surface area contributed by atoms with Gasteiger partial charge in [-0.1, -0.05) is 13.3 Å². The monoisotopic (exact) mass is 423 g/mol. The number of hydrogen-bond acceptors (Lipinski definition) is 7. The molecule has 0 fully saturated rings. The molecule has 2 aromatic heterocycles. The molecule has 0 spiro atoms. The minimum atomic E-state index is -0.375. The van der Waals surface area contributed by atoms with Gasteiger partial charge in [0, 0.05) is 11.8 Å². The van der Waals surface area contributed by atoms with Gasteiger partial charge in [0.1, 0.15) is 0 Å². The van der Waals surface area contributed by atoms with E-state index in [2.05, 4.69) is 20.6 Å². The zero-order valence-electron chi connectivity index (χ0n) is 17.8. The van der Waals surface area contributed by atoms with Gasteiger partial charge in [-0.25, -0.2) is 9.48 Å². The molecule has 0 aliphatic heterocycles. The summed E-state index contributed by atoms with van der Waals surface area (Å²) in [4.78, 5) is 24.7. The summed E-state index contributed by atoms with van der Waals surface area (Å²) in [5.74, 6) is 0.207. The van der Waals surface area contributed by atoms with Gasteiger partial charge in [0.05, 0.1) is 36.2 Å². The number of unbranched alkanes of at least 4 members (excludes halogenated alkanes) is 1. The summed E-state index contributed by atoms with van der Waals surface area (Å²) in [6, 6.07) is 9.98. The molecule has 1 amide bonds. The summed E-state index contributed by atoms with van der Waals surface area (Å²) in [7, 11) is 0. The van der Waals surface area contributed by atoms with Crippen molar-refractivity contribution in [1.29, 1.82) is 0 Å². The third-order valence-electron chi connectivity index (χ3n) is 4.50. The summed E-state index contributed by atoms with van der Waals surface area (Å²) in [5.41, 5.74) is 2.01. The molecule has 3 aromatic rings. The van der Waals surface area contributed by atoms with Crippen LogP contribution in [0.3, 0.4) is 0 Å². The van der Waals surface area contributed by atoms with Crippen LogP contribution in [-0.2, 0) is 4.74 Å². The molecule has 0 aliphatic rings. The van der Waals surface area contributed by atoms with Crippen LogP contribution in [0.25, 0.3) is 5.82 Å². The fraction of sp³-hybridized carbons (Fsp3) is 0.318. The average Bonchev–Trinajstić information content (AvgIpc) is 3.16. The highest BCUT2D eigenvalue weighted by molar-refractivity contribution is 6.05. The van der Waals surface area contributed by atoms with Crippen molar-refractivity contribution in [2.75, 3.05) is 18.5 Å². The number of ether oxygens (including phenoxy) is 2. The maximum absolute atomic E-state index is 12.7. The van der Waals surface area contributed by atoms with Crippen LogP contribution in [0.5, 0.6) is 5.88 Å². The van der Waals surface area contributed by atoms with Gasteiger partial charge in [-0.2, -0.15) is 5.10 Å². The van der Waals surface area contributed by atoms with E-state index in [1.165, 1.54) is 10.9 Å². The normalized spacial score (nSPS) is 10.5. The Hall–Kier alpha value is -3.75. The molecule has 0 aliphatic carbocycles. The number of carbonyl (C=O) groups excluding carboxylic acids is 2. The molecular weight excluding hydrogens is 398 g/mol. The van der Waals surface area contributed by atoms with Crippen molar-refractivity contribution in [2.45, 2.75) is 33.6 Å². The van der Waals surface area contributed by atoms with Crippen LogP contribution >= 0.6 is 0 Å². The van der Waals surface area contributed by atoms with E-state index in [0.29, 0.717) is 47.4 Å². The lowest BCUT2D eigenvalue weighted by Gasteiger charge is -2.08. The lowest BCUT2D eigenvalue weighted by atomic mass is 10.2. The van der Waals surface area contributed by atoms with E-state index in [1.807, 2.05) is 13.8 Å². The Bertz CT molecular complexity index is 1030. The second-order valence-corrected chi connectivity index (χ2v) is 6.74. The number of anilines is 1. The van der Waals surface area contributed by atoms with Crippen molar-refractivity contribution in [3.8, 4) is 11.7 Å². The van der Waals surface area contributed by atoms with E-state index in [0.717, 1.165) is 12.8 Å². The Morgan fingerprint density at radius 3 is 2.48 bits per heavy atom. The van der Waals surface area contributed by atoms with Crippen LogP contribution in [0, 0.1) is 6.92 Å². The Morgan fingerprint density at radius 1 is 1.06 bits per heavy atom. The van der Waals surface area contributed by atoms with Gasteiger partial charge in [-0.05, 0) is 50.6 Å². The van der Waals surface area contributed by atoms with Crippen molar-refractivity contribution in [2.24, 2.45) is 0 Å². The molecule has 0 bridgehead atoms. The first-order valence-corrected chi connectivity index (χ1v) is 10.1. The third-order valence-corrected chi connectivity index (χ3v) is 4.50. The second kappa shape index (κ2) is 10.3. The molecule has 162 valence electrons. The Morgan fingerprint density at radius 2 is 1.84 bits per heavy atom. The zero-order chi connectivity index (χ0) is 22.2. The zero-order valence-corrected chi connectivity index (χ0v) is 17.8. The van der Waals surface area contributed by atoms with E-state index in [1.54, 1.807) is 43.3 Å². The summed E-state index contributed by atoms with van der Waals surface area (Å²) in [6.45, 7) is 6.57. The van der Waals surface area contributed by atoms with Crippen molar-refractivity contribution in [3.05, 3.63) is 59.4 Å². The number of rotatable bonds is 9. The van der Waals surface area contributed by atoms with Crippen molar-refractivity contribution < 1.29 is 19.1 Å². The molecule has 9 heteroatoms. The van der Waals surface area contributed by atoms with E-state index >= 15 is 0 Å². The quantitative estimate of drug-likeness (QED) is 0.414. The van der Waals surface area contributed by atoms with Gasteiger partial charge in [0.25, 0.3) is 5.91 Å². The van der Waals surface area contributed by atoms with Crippen LogP contribution < -0.4 is 10.1 Å². The molecule has 1 aromatic carbocycles. The fourth-order valence-corrected chi connectivity index (χ4v) is 2.79. The maximum Gasteiger partial charge on any atom is 0.338 e. The molecule has 2 heterocycles. The summed E-state index contributed by atoms with van der Waals surface area (Å²) in [6.07, 6.45) is 3.26. The first kappa shape index (κ1) is 21.9. The van der Waals surface area contributed by atoms with Gasteiger partial charge >= 0.3 is 5.97 Å². The lowest BCUT2D eigenvalue weighted by Crippen LogP contribution is -2.14. The van der Waals surface area contributed by atoms with Gasteiger partial charge in [0.2, 0.25) is 5.88 Å². The SMILES string of the molecule is CCCCOC(=O)c1ccc(NC(=O)c2cnn(-c3ccc(OCC)nn3)c2C)cc1. The maximum atomic E-state index is 12.7. The summed E-state index contributed by atoms with van der Waals surface area (Å²) < 4.78 is 12.0. The molecule has 0 atom stereocenters. The second-order valence-electron chi connectivity index (χ2n) is 6.74. The highest BCUT2D eigenvalue weighted by Gasteiger charge is 2.17. The Balaban J connectivity index is 1.66. The third kappa shape index (κ3) is 5.44. The number of benzene rings is 1. The number of nitrogens with zero attached hydrogens (tertiary/aromatic N) is 4. The molecule has 1 N–H and O–H groups in total. The van der Waals surface area contributed by atoms with E-state index in [-0.39, 0.29) is 11.9 Å². The van der Waals surface area contributed by atoms with Gasteiger partial charge < -0.3 is 14.8 Å². The number of aromatic nitrogens is 4. The summed E-state index contributed by atoms with van der Waals surface area (Å²) in [5, 5.41) is 15.1. The first-order chi connectivity index (χ1) is 15.0. The van der Waals surface area contributed by atoms with E-state index < -0.39 is 0 Å². The predicted molar refractivity (Wildman–Crippen MR) is 115 cm³/mol. The largest absolute Gasteiger partial charge is 0.477 e. The molecule has 0 saturated heterocycles. The van der Waals surface area contributed by atoms with Crippen LogP contribution in [0.1, 0.15) is 53.1 Å². The number of carbonyl (C=O) groups is 2. The van der Waals surface area contributed by atoms with Gasteiger partial charge in [-0.3, -0.25) is 4.79 Å². The fourth-order valence-electron chi connectivity index (χ4n) is 2.79. The number of hydrogen-bond donors (Lipinski definition) is 1. The minimum Gasteiger partial charge on any atom is -0.477 e. The Labute approximate surface area is 180 Å². The molecule has 9 nitrogen and oxygen atoms in total. The number of amides is 1. The highest BCUT2D eigenvalue weighted by atomic mass is 16.5. The van der Waals surface area contributed by atoms with Crippen LogP contribution in [0.15, 0.2) is 42.6 Å².